The number of amides is 1. The Morgan fingerprint density at radius 3 is 2.36 bits per heavy atom. The lowest BCUT2D eigenvalue weighted by Crippen LogP contribution is -2.24. The first-order valence-electron chi connectivity index (χ1n) is 7.68. The minimum atomic E-state index is -3.30. The van der Waals surface area contributed by atoms with Crippen LogP contribution >= 0.6 is 0 Å². The van der Waals surface area contributed by atoms with Crippen molar-refractivity contribution < 1.29 is 17.9 Å². The van der Waals surface area contributed by atoms with Crippen LogP contribution in [0.2, 0.25) is 0 Å². The zero-order valence-electron chi connectivity index (χ0n) is 14.7. The standard InChI is InChI=1S/C18H22N2O4S/c1-13-5-10-17(24-3)16(11-13)19-18(21)12-14-6-8-15(9-7-14)20(2)25(4,22)23/h5-11H,12H2,1-4H3,(H,19,21). The summed E-state index contributed by atoms with van der Waals surface area (Å²) in [5.74, 6) is 0.428. The van der Waals surface area contributed by atoms with Gasteiger partial charge in [0.1, 0.15) is 5.75 Å². The molecule has 7 heteroatoms. The number of hydrogen-bond acceptors (Lipinski definition) is 4. The van der Waals surface area contributed by atoms with Crippen molar-refractivity contribution in [2.75, 3.05) is 30.0 Å². The molecule has 0 spiro atoms. The second-order valence-corrected chi connectivity index (χ2v) is 7.84. The van der Waals surface area contributed by atoms with Crippen LogP contribution in [0.15, 0.2) is 42.5 Å². The summed E-state index contributed by atoms with van der Waals surface area (Å²) in [6.07, 6.45) is 1.32. The summed E-state index contributed by atoms with van der Waals surface area (Å²) in [5, 5.41) is 2.84. The fourth-order valence-electron chi connectivity index (χ4n) is 2.31. The van der Waals surface area contributed by atoms with Gasteiger partial charge in [-0.2, -0.15) is 0 Å². The van der Waals surface area contributed by atoms with Gasteiger partial charge in [0.05, 0.1) is 31.2 Å². The van der Waals surface area contributed by atoms with Crippen LogP contribution in [0.5, 0.6) is 5.75 Å². The molecule has 2 rings (SSSR count). The second-order valence-electron chi connectivity index (χ2n) is 5.83. The molecule has 0 radical (unpaired) electrons. The number of methoxy groups -OCH3 is 1. The maximum absolute atomic E-state index is 12.3. The van der Waals surface area contributed by atoms with Gasteiger partial charge in [0.15, 0.2) is 0 Å². The molecule has 0 aliphatic heterocycles. The number of nitrogens with zero attached hydrogens (tertiary/aromatic N) is 1. The van der Waals surface area contributed by atoms with Crippen LogP contribution in [0.3, 0.4) is 0 Å². The number of benzene rings is 2. The molecule has 0 fully saturated rings. The number of carbonyl (C=O) groups excluding carboxylic acids is 1. The second kappa shape index (κ2) is 7.57. The summed E-state index contributed by atoms with van der Waals surface area (Å²) in [5.41, 5.74) is 2.98. The summed E-state index contributed by atoms with van der Waals surface area (Å²) in [7, 11) is -0.264. The highest BCUT2D eigenvalue weighted by atomic mass is 32.2. The van der Waals surface area contributed by atoms with Gasteiger partial charge >= 0.3 is 0 Å². The molecule has 6 nitrogen and oxygen atoms in total. The highest BCUT2D eigenvalue weighted by molar-refractivity contribution is 7.92. The van der Waals surface area contributed by atoms with E-state index in [0.29, 0.717) is 17.1 Å². The van der Waals surface area contributed by atoms with Crippen molar-refractivity contribution in [2.45, 2.75) is 13.3 Å². The molecule has 0 saturated carbocycles. The average molecular weight is 362 g/mol. The van der Waals surface area contributed by atoms with Gasteiger partial charge in [0, 0.05) is 7.05 Å². The van der Waals surface area contributed by atoms with Crippen molar-refractivity contribution in [3.8, 4) is 5.75 Å². The topological polar surface area (TPSA) is 75.7 Å². The Bertz CT molecular complexity index is 861. The third-order valence-electron chi connectivity index (χ3n) is 3.79. The molecule has 0 atom stereocenters. The maximum atomic E-state index is 12.3. The summed E-state index contributed by atoms with van der Waals surface area (Å²) >= 11 is 0. The Kier molecular flexibility index (Phi) is 5.69. The van der Waals surface area contributed by atoms with Gasteiger partial charge < -0.3 is 10.1 Å². The van der Waals surface area contributed by atoms with E-state index in [2.05, 4.69) is 5.32 Å². The van der Waals surface area contributed by atoms with Crippen molar-refractivity contribution >= 4 is 27.3 Å². The van der Waals surface area contributed by atoms with Crippen LogP contribution in [0, 0.1) is 6.92 Å². The number of sulfonamides is 1. The van der Waals surface area contributed by atoms with Crippen molar-refractivity contribution in [3.05, 3.63) is 53.6 Å². The number of rotatable bonds is 6. The molecule has 2 aromatic rings. The molecule has 1 amide bonds. The van der Waals surface area contributed by atoms with E-state index in [1.807, 2.05) is 19.1 Å². The lowest BCUT2D eigenvalue weighted by atomic mass is 10.1. The number of hydrogen-bond donors (Lipinski definition) is 1. The third kappa shape index (κ3) is 4.96. The van der Waals surface area contributed by atoms with Crippen LogP contribution in [0.4, 0.5) is 11.4 Å². The van der Waals surface area contributed by atoms with Crippen LogP contribution in [-0.4, -0.2) is 34.7 Å². The number of carbonyl (C=O) groups is 1. The van der Waals surface area contributed by atoms with Crippen LogP contribution in [0.1, 0.15) is 11.1 Å². The van der Waals surface area contributed by atoms with E-state index in [-0.39, 0.29) is 12.3 Å². The van der Waals surface area contributed by atoms with Gasteiger partial charge in [-0.3, -0.25) is 9.10 Å². The minimum Gasteiger partial charge on any atom is -0.495 e. The number of aryl methyl sites for hydroxylation is 1. The highest BCUT2D eigenvalue weighted by Crippen LogP contribution is 2.25. The fourth-order valence-corrected chi connectivity index (χ4v) is 2.82. The Morgan fingerprint density at radius 1 is 1.16 bits per heavy atom. The Morgan fingerprint density at radius 2 is 1.80 bits per heavy atom. The van der Waals surface area contributed by atoms with Crippen LogP contribution < -0.4 is 14.4 Å². The van der Waals surface area contributed by atoms with Crippen LogP contribution in [-0.2, 0) is 21.2 Å². The fraction of sp³-hybridized carbons (Fsp3) is 0.278. The molecule has 0 aliphatic carbocycles. The largest absolute Gasteiger partial charge is 0.495 e. The molecule has 25 heavy (non-hydrogen) atoms. The quantitative estimate of drug-likeness (QED) is 0.857. The minimum absolute atomic E-state index is 0.173. The number of anilines is 2. The summed E-state index contributed by atoms with van der Waals surface area (Å²) in [6, 6.07) is 12.4. The molecule has 134 valence electrons. The molecule has 0 bridgehead atoms. The van der Waals surface area contributed by atoms with Crippen molar-refractivity contribution in [1.29, 1.82) is 0 Å². The molecule has 0 aromatic heterocycles. The van der Waals surface area contributed by atoms with Crippen molar-refractivity contribution in [1.82, 2.24) is 0 Å². The van der Waals surface area contributed by atoms with Crippen molar-refractivity contribution in [2.24, 2.45) is 0 Å². The summed E-state index contributed by atoms with van der Waals surface area (Å²) < 4.78 is 29.5. The van der Waals surface area contributed by atoms with E-state index in [4.69, 9.17) is 4.74 Å². The average Bonchev–Trinajstić information content (AvgIpc) is 2.54. The molecular weight excluding hydrogens is 340 g/mol. The smallest absolute Gasteiger partial charge is 0.231 e. The van der Waals surface area contributed by atoms with E-state index in [1.165, 1.54) is 11.4 Å². The Labute approximate surface area is 148 Å². The molecule has 1 N–H and O–H groups in total. The predicted octanol–water partition coefficient (Wildman–Crippen LogP) is 2.58. The van der Waals surface area contributed by atoms with E-state index >= 15 is 0 Å². The lowest BCUT2D eigenvalue weighted by molar-refractivity contribution is -0.115. The highest BCUT2D eigenvalue weighted by Gasteiger charge is 2.13. The van der Waals surface area contributed by atoms with Gasteiger partial charge in [-0.25, -0.2) is 8.42 Å². The first-order chi connectivity index (χ1) is 11.7. The normalized spacial score (nSPS) is 11.0. The zero-order valence-corrected chi connectivity index (χ0v) is 15.6. The molecule has 0 heterocycles. The van der Waals surface area contributed by atoms with Gasteiger partial charge in [-0.15, -0.1) is 0 Å². The SMILES string of the molecule is COc1ccc(C)cc1NC(=O)Cc1ccc(N(C)S(C)(=O)=O)cc1. The van der Waals surface area contributed by atoms with Gasteiger partial charge in [-0.1, -0.05) is 18.2 Å². The first kappa shape index (κ1) is 18.8. The Hall–Kier alpha value is -2.54. The molecule has 0 aliphatic rings. The van der Waals surface area contributed by atoms with Gasteiger partial charge in [0.25, 0.3) is 0 Å². The molecule has 0 unspecified atom stereocenters. The van der Waals surface area contributed by atoms with Crippen LogP contribution in [0.25, 0.3) is 0 Å². The summed E-state index contributed by atoms with van der Waals surface area (Å²) in [6.45, 7) is 1.94. The number of ether oxygens (including phenoxy) is 1. The zero-order chi connectivity index (χ0) is 18.6. The lowest BCUT2D eigenvalue weighted by Gasteiger charge is -2.16. The third-order valence-corrected chi connectivity index (χ3v) is 5.00. The molecular formula is C18H22N2O4S. The predicted molar refractivity (Wildman–Crippen MR) is 99.8 cm³/mol. The molecule has 0 saturated heterocycles. The maximum Gasteiger partial charge on any atom is 0.231 e. The van der Waals surface area contributed by atoms with E-state index in [9.17, 15) is 13.2 Å². The van der Waals surface area contributed by atoms with E-state index in [0.717, 1.165) is 17.4 Å². The van der Waals surface area contributed by atoms with E-state index in [1.54, 1.807) is 37.4 Å². The van der Waals surface area contributed by atoms with Gasteiger partial charge in [-0.05, 0) is 42.3 Å². The monoisotopic (exact) mass is 362 g/mol. The first-order valence-corrected chi connectivity index (χ1v) is 9.53. The molecule has 2 aromatic carbocycles. The Balaban J connectivity index is 2.08. The van der Waals surface area contributed by atoms with Crippen molar-refractivity contribution in [3.63, 3.8) is 0 Å². The number of nitrogens with one attached hydrogen (secondary N) is 1. The van der Waals surface area contributed by atoms with Gasteiger partial charge in [0.2, 0.25) is 15.9 Å². The van der Waals surface area contributed by atoms with E-state index < -0.39 is 10.0 Å². The summed E-state index contributed by atoms with van der Waals surface area (Å²) in [4.78, 5) is 12.3.